The summed E-state index contributed by atoms with van der Waals surface area (Å²) in [6, 6.07) is 0. The van der Waals surface area contributed by atoms with Gasteiger partial charge in [-0.1, -0.05) is 37.1 Å². The largest absolute Gasteiger partial charge is 0.0859 e. The van der Waals surface area contributed by atoms with Crippen LogP contribution in [-0.2, 0) is 0 Å². The molecule has 70 valence electrons. The van der Waals surface area contributed by atoms with E-state index in [2.05, 4.69) is 39.8 Å². The van der Waals surface area contributed by atoms with Crippen molar-refractivity contribution in [3.8, 4) is 0 Å². The van der Waals surface area contributed by atoms with Crippen LogP contribution in [-0.4, -0.2) is 0 Å². The summed E-state index contributed by atoms with van der Waals surface area (Å²) in [7, 11) is 0. The molecule has 0 heteroatoms. The predicted octanol–water partition coefficient (Wildman–Crippen LogP) is 4.48. The van der Waals surface area contributed by atoms with Crippen molar-refractivity contribution in [1.82, 2.24) is 0 Å². The van der Waals surface area contributed by atoms with Crippen molar-refractivity contribution in [3.05, 3.63) is 23.3 Å². The summed E-state index contributed by atoms with van der Waals surface area (Å²) >= 11 is 0. The first-order chi connectivity index (χ1) is 5.70. The second kappa shape index (κ2) is 7.15. The standard InChI is InChI=1S/C12H22/c1-5-7-11(3)9-10-12(4)8-6-2/h7-8H,5-6,9-10H2,1-4H3. The number of hydrogen-bond acceptors (Lipinski definition) is 0. The summed E-state index contributed by atoms with van der Waals surface area (Å²) in [5.41, 5.74) is 3.06. The van der Waals surface area contributed by atoms with Crippen LogP contribution in [0.1, 0.15) is 53.4 Å². The molecule has 12 heavy (non-hydrogen) atoms. The van der Waals surface area contributed by atoms with Crippen molar-refractivity contribution in [1.29, 1.82) is 0 Å². The van der Waals surface area contributed by atoms with Gasteiger partial charge in [-0.3, -0.25) is 0 Å². The number of rotatable bonds is 5. The van der Waals surface area contributed by atoms with Crippen LogP contribution >= 0.6 is 0 Å². The second-order valence-electron chi connectivity index (χ2n) is 3.42. The maximum Gasteiger partial charge on any atom is -0.0286 e. The molecule has 0 atom stereocenters. The lowest BCUT2D eigenvalue weighted by molar-refractivity contribution is 0.905. The average molecular weight is 166 g/mol. The van der Waals surface area contributed by atoms with E-state index in [0.717, 1.165) is 0 Å². The molecular weight excluding hydrogens is 144 g/mol. The van der Waals surface area contributed by atoms with Gasteiger partial charge in [0, 0.05) is 0 Å². The van der Waals surface area contributed by atoms with Crippen LogP contribution in [0.25, 0.3) is 0 Å². The fraction of sp³-hybridized carbons (Fsp3) is 0.667. The summed E-state index contributed by atoms with van der Waals surface area (Å²) in [5.74, 6) is 0. The van der Waals surface area contributed by atoms with Crippen molar-refractivity contribution in [2.45, 2.75) is 53.4 Å². The predicted molar refractivity (Wildman–Crippen MR) is 57.3 cm³/mol. The van der Waals surface area contributed by atoms with E-state index in [9.17, 15) is 0 Å². The van der Waals surface area contributed by atoms with Crippen molar-refractivity contribution < 1.29 is 0 Å². The maximum atomic E-state index is 2.32. The molecule has 0 fully saturated rings. The molecule has 0 N–H and O–H groups in total. The smallest absolute Gasteiger partial charge is 0.0286 e. The third-order valence-electron chi connectivity index (χ3n) is 2.02. The van der Waals surface area contributed by atoms with Crippen LogP contribution in [0.2, 0.25) is 0 Å². The van der Waals surface area contributed by atoms with E-state index in [4.69, 9.17) is 0 Å². The zero-order valence-corrected chi connectivity index (χ0v) is 8.98. The highest BCUT2D eigenvalue weighted by atomic mass is 14.0. The van der Waals surface area contributed by atoms with Gasteiger partial charge >= 0.3 is 0 Å². The molecule has 0 saturated carbocycles. The lowest BCUT2D eigenvalue weighted by Gasteiger charge is -2.01. The van der Waals surface area contributed by atoms with Gasteiger partial charge in [0.1, 0.15) is 0 Å². The molecule has 0 spiro atoms. The van der Waals surface area contributed by atoms with Crippen LogP contribution in [0.3, 0.4) is 0 Å². The third kappa shape index (κ3) is 6.21. The van der Waals surface area contributed by atoms with Gasteiger partial charge in [0.25, 0.3) is 0 Å². The number of allylic oxidation sites excluding steroid dienone is 4. The Labute approximate surface area is 77.4 Å². The fourth-order valence-corrected chi connectivity index (χ4v) is 1.30. The van der Waals surface area contributed by atoms with E-state index in [1.165, 1.54) is 36.8 Å². The molecule has 0 unspecified atom stereocenters. The molecule has 0 rings (SSSR count). The molecule has 0 aromatic heterocycles. The zero-order chi connectivity index (χ0) is 9.40. The van der Waals surface area contributed by atoms with E-state index in [1.807, 2.05) is 0 Å². The highest BCUT2D eigenvalue weighted by molar-refractivity contribution is 5.04. The molecule has 0 amide bonds. The normalized spacial score (nSPS) is 13.7. The maximum absolute atomic E-state index is 2.32. The highest BCUT2D eigenvalue weighted by Gasteiger charge is 1.91. The van der Waals surface area contributed by atoms with Crippen LogP contribution in [0.4, 0.5) is 0 Å². The topological polar surface area (TPSA) is 0 Å². The van der Waals surface area contributed by atoms with E-state index < -0.39 is 0 Å². The Balaban J connectivity index is 3.68. The molecular formula is C12H22. The molecule has 0 aliphatic carbocycles. The second-order valence-corrected chi connectivity index (χ2v) is 3.42. The molecule has 0 aromatic carbocycles. The van der Waals surface area contributed by atoms with Gasteiger partial charge in [0.05, 0.1) is 0 Å². The van der Waals surface area contributed by atoms with Gasteiger partial charge in [-0.15, -0.1) is 0 Å². The van der Waals surface area contributed by atoms with Gasteiger partial charge in [0.15, 0.2) is 0 Å². The highest BCUT2D eigenvalue weighted by Crippen LogP contribution is 2.11. The molecule has 0 aliphatic rings. The zero-order valence-electron chi connectivity index (χ0n) is 8.98. The fourth-order valence-electron chi connectivity index (χ4n) is 1.30. The van der Waals surface area contributed by atoms with Gasteiger partial charge in [-0.05, 0) is 39.5 Å². The quantitative estimate of drug-likeness (QED) is 0.528. The number of hydrogen-bond donors (Lipinski definition) is 0. The minimum atomic E-state index is 1.17. The van der Waals surface area contributed by atoms with E-state index in [0.29, 0.717) is 0 Å². The minimum Gasteiger partial charge on any atom is -0.0859 e. The molecule has 0 radical (unpaired) electrons. The SMILES string of the molecule is CCC=C(C)CCC(C)=CCC. The summed E-state index contributed by atoms with van der Waals surface area (Å²) in [6.07, 6.45) is 9.44. The van der Waals surface area contributed by atoms with E-state index >= 15 is 0 Å². The summed E-state index contributed by atoms with van der Waals surface area (Å²) < 4.78 is 0. The first kappa shape index (κ1) is 11.5. The molecule has 0 aliphatic heterocycles. The third-order valence-corrected chi connectivity index (χ3v) is 2.02. The van der Waals surface area contributed by atoms with Gasteiger partial charge in [-0.2, -0.15) is 0 Å². The Bertz CT molecular complexity index is 141. The van der Waals surface area contributed by atoms with Gasteiger partial charge in [-0.25, -0.2) is 0 Å². The average Bonchev–Trinajstić information content (AvgIpc) is 2.02. The molecule has 0 nitrogen and oxygen atoms in total. The summed E-state index contributed by atoms with van der Waals surface area (Å²) in [4.78, 5) is 0. The van der Waals surface area contributed by atoms with Crippen molar-refractivity contribution in [2.75, 3.05) is 0 Å². The molecule has 0 bridgehead atoms. The monoisotopic (exact) mass is 166 g/mol. The lowest BCUT2D eigenvalue weighted by Crippen LogP contribution is -1.80. The van der Waals surface area contributed by atoms with Crippen molar-refractivity contribution in [2.24, 2.45) is 0 Å². The Morgan fingerprint density at radius 2 is 1.17 bits per heavy atom. The van der Waals surface area contributed by atoms with Crippen LogP contribution < -0.4 is 0 Å². The van der Waals surface area contributed by atoms with E-state index in [-0.39, 0.29) is 0 Å². The van der Waals surface area contributed by atoms with Crippen LogP contribution in [0, 0.1) is 0 Å². The van der Waals surface area contributed by atoms with Gasteiger partial charge in [0.2, 0.25) is 0 Å². The van der Waals surface area contributed by atoms with Crippen LogP contribution in [0.15, 0.2) is 23.3 Å². The van der Waals surface area contributed by atoms with Gasteiger partial charge < -0.3 is 0 Å². The summed E-state index contributed by atoms with van der Waals surface area (Å²) in [5, 5.41) is 0. The lowest BCUT2D eigenvalue weighted by atomic mass is 10.1. The minimum absolute atomic E-state index is 1.17. The van der Waals surface area contributed by atoms with Crippen molar-refractivity contribution >= 4 is 0 Å². The Morgan fingerprint density at radius 3 is 1.42 bits per heavy atom. The van der Waals surface area contributed by atoms with E-state index in [1.54, 1.807) is 0 Å². The Kier molecular flexibility index (Phi) is 6.84. The Morgan fingerprint density at radius 1 is 0.833 bits per heavy atom. The first-order valence-electron chi connectivity index (χ1n) is 5.02. The molecule has 0 aromatic rings. The first-order valence-corrected chi connectivity index (χ1v) is 5.02. The van der Waals surface area contributed by atoms with Crippen LogP contribution in [0.5, 0.6) is 0 Å². The molecule has 0 saturated heterocycles. The molecule has 0 heterocycles. The summed E-state index contributed by atoms with van der Waals surface area (Å²) in [6.45, 7) is 8.84. The van der Waals surface area contributed by atoms with Crippen molar-refractivity contribution in [3.63, 3.8) is 0 Å². The Hall–Kier alpha value is -0.520.